The van der Waals surface area contributed by atoms with E-state index in [0.29, 0.717) is 19.5 Å². The van der Waals surface area contributed by atoms with Crippen molar-refractivity contribution in [3.8, 4) is 0 Å². The van der Waals surface area contributed by atoms with Gasteiger partial charge in [-0.1, -0.05) is 30.3 Å². The summed E-state index contributed by atoms with van der Waals surface area (Å²) in [5.74, 6) is -0.0624. The fourth-order valence-corrected chi connectivity index (χ4v) is 2.01. The summed E-state index contributed by atoms with van der Waals surface area (Å²) >= 11 is 0. The van der Waals surface area contributed by atoms with Crippen molar-refractivity contribution in [2.45, 2.75) is 19.0 Å². The number of urea groups is 1. The molecule has 17 heavy (non-hydrogen) atoms. The molecule has 0 aromatic heterocycles. The molecular weight excluding hydrogens is 218 g/mol. The highest BCUT2D eigenvalue weighted by atomic mass is 16.2. The number of rotatable bonds is 3. The van der Waals surface area contributed by atoms with Crippen LogP contribution >= 0.6 is 0 Å². The Bertz CT molecular complexity index is 419. The summed E-state index contributed by atoms with van der Waals surface area (Å²) in [6.45, 7) is 1.23. The number of benzene rings is 1. The number of hydrogen-bond donors (Lipinski definition) is 2. The minimum atomic E-state index is -0.648. The van der Waals surface area contributed by atoms with Gasteiger partial charge in [-0.25, -0.2) is 4.79 Å². The van der Waals surface area contributed by atoms with Crippen LogP contribution in [0.5, 0.6) is 0 Å². The lowest BCUT2D eigenvalue weighted by molar-refractivity contribution is -0.129. The highest BCUT2D eigenvalue weighted by Gasteiger charge is 2.31. The third-order valence-electron chi connectivity index (χ3n) is 2.83. The van der Waals surface area contributed by atoms with Crippen LogP contribution in [0.3, 0.4) is 0 Å². The quantitative estimate of drug-likeness (QED) is 0.795. The molecule has 0 aliphatic carbocycles. The van der Waals surface area contributed by atoms with Gasteiger partial charge in [0.15, 0.2) is 0 Å². The van der Waals surface area contributed by atoms with Crippen LogP contribution in [0.2, 0.25) is 0 Å². The average molecular weight is 233 g/mol. The van der Waals surface area contributed by atoms with Gasteiger partial charge in [0.1, 0.15) is 6.04 Å². The Labute approximate surface area is 99.6 Å². The van der Waals surface area contributed by atoms with E-state index in [0.717, 1.165) is 5.56 Å². The van der Waals surface area contributed by atoms with Crippen LogP contribution in [0.25, 0.3) is 0 Å². The standard InChI is InChI=1S/C12H15N3O2/c13-12(17)14-10-6-7-15(11(10)16)8-9-4-2-1-3-5-9/h1-5,10H,6-8H2,(H3,13,14,17). The average Bonchev–Trinajstić information content (AvgIpc) is 2.62. The first kappa shape index (κ1) is 11.4. The molecule has 0 radical (unpaired) electrons. The Morgan fingerprint density at radius 1 is 1.41 bits per heavy atom. The van der Waals surface area contributed by atoms with Gasteiger partial charge < -0.3 is 16.0 Å². The SMILES string of the molecule is NC(=O)NC1CCN(Cc2ccccc2)C1=O. The van der Waals surface area contributed by atoms with Crippen molar-refractivity contribution in [1.29, 1.82) is 0 Å². The first-order valence-corrected chi connectivity index (χ1v) is 5.55. The largest absolute Gasteiger partial charge is 0.352 e. The van der Waals surface area contributed by atoms with E-state index in [1.807, 2.05) is 30.3 Å². The number of nitrogens with two attached hydrogens (primary N) is 1. The summed E-state index contributed by atoms with van der Waals surface area (Å²) in [5.41, 5.74) is 6.10. The van der Waals surface area contributed by atoms with E-state index in [1.165, 1.54) is 0 Å². The van der Waals surface area contributed by atoms with E-state index in [4.69, 9.17) is 5.73 Å². The van der Waals surface area contributed by atoms with Crippen molar-refractivity contribution in [2.24, 2.45) is 5.73 Å². The molecule has 2 rings (SSSR count). The maximum Gasteiger partial charge on any atom is 0.312 e. The topological polar surface area (TPSA) is 75.4 Å². The van der Waals surface area contributed by atoms with Gasteiger partial charge in [0.2, 0.25) is 5.91 Å². The van der Waals surface area contributed by atoms with E-state index in [2.05, 4.69) is 5.32 Å². The molecule has 1 aromatic rings. The summed E-state index contributed by atoms with van der Waals surface area (Å²) in [7, 11) is 0. The Hall–Kier alpha value is -2.04. The third kappa shape index (κ3) is 2.75. The van der Waals surface area contributed by atoms with Crippen molar-refractivity contribution in [1.82, 2.24) is 10.2 Å². The number of carbonyl (C=O) groups is 2. The lowest BCUT2D eigenvalue weighted by Crippen LogP contribution is -2.43. The maximum absolute atomic E-state index is 11.9. The summed E-state index contributed by atoms with van der Waals surface area (Å²) in [4.78, 5) is 24.3. The molecule has 3 amide bonds. The molecule has 3 N–H and O–H groups in total. The van der Waals surface area contributed by atoms with E-state index in [9.17, 15) is 9.59 Å². The molecule has 1 heterocycles. The summed E-state index contributed by atoms with van der Waals surface area (Å²) in [5, 5.41) is 2.45. The Kier molecular flexibility index (Phi) is 3.27. The van der Waals surface area contributed by atoms with Crippen molar-refractivity contribution in [2.75, 3.05) is 6.54 Å². The van der Waals surface area contributed by atoms with E-state index in [1.54, 1.807) is 4.90 Å². The minimum absolute atomic E-state index is 0.0624. The fraction of sp³-hybridized carbons (Fsp3) is 0.333. The van der Waals surface area contributed by atoms with Gasteiger partial charge >= 0.3 is 6.03 Å². The number of nitrogens with zero attached hydrogens (tertiary/aromatic N) is 1. The van der Waals surface area contributed by atoms with E-state index >= 15 is 0 Å². The molecule has 1 aromatic carbocycles. The van der Waals surface area contributed by atoms with Crippen molar-refractivity contribution in [3.05, 3.63) is 35.9 Å². The van der Waals surface area contributed by atoms with Crippen LogP contribution in [0.4, 0.5) is 4.79 Å². The van der Waals surface area contributed by atoms with Crippen LogP contribution in [0.1, 0.15) is 12.0 Å². The highest BCUT2D eigenvalue weighted by molar-refractivity contribution is 5.88. The van der Waals surface area contributed by atoms with Crippen molar-refractivity contribution >= 4 is 11.9 Å². The maximum atomic E-state index is 11.9. The second-order valence-electron chi connectivity index (χ2n) is 4.10. The molecule has 0 bridgehead atoms. The van der Waals surface area contributed by atoms with Gasteiger partial charge in [0.25, 0.3) is 0 Å². The number of likely N-dealkylation sites (tertiary alicyclic amines) is 1. The Morgan fingerprint density at radius 3 is 2.76 bits per heavy atom. The third-order valence-corrected chi connectivity index (χ3v) is 2.83. The van der Waals surface area contributed by atoms with Crippen LogP contribution < -0.4 is 11.1 Å². The van der Waals surface area contributed by atoms with Gasteiger partial charge in [-0.2, -0.15) is 0 Å². The molecule has 1 aliphatic rings. The Morgan fingerprint density at radius 2 is 2.12 bits per heavy atom. The minimum Gasteiger partial charge on any atom is -0.352 e. The molecular formula is C12H15N3O2. The highest BCUT2D eigenvalue weighted by Crippen LogP contribution is 2.14. The number of carbonyl (C=O) groups excluding carboxylic acids is 2. The molecule has 90 valence electrons. The number of primary amides is 1. The molecule has 1 aliphatic heterocycles. The van der Waals surface area contributed by atoms with Gasteiger partial charge in [-0.15, -0.1) is 0 Å². The smallest absolute Gasteiger partial charge is 0.312 e. The molecule has 5 nitrogen and oxygen atoms in total. The van der Waals surface area contributed by atoms with Crippen LogP contribution in [-0.2, 0) is 11.3 Å². The summed E-state index contributed by atoms with van der Waals surface area (Å²) in [6.07, 6.45) is 0.620. The predicted octanol–water partition coefficient (Wildman–Crippen LogP) is 0.456. The summed E-state index contributed by atoms with van der Waals surface area (Å²) in [6, 6.07) is 8.65. The summed E-state index contributed by atoms with van der Waals surface area (Å²) < 4.78 is 0. The molecule has 5 heteroatoms. The number of amides is 3. The van der Waals surface area contributed by atoms with Crippen molar-refractivity contribution < 1.29 is 9.59 Å². The van der Waals surface area contributed by atoms with Crippen LogP contribution in [-0.4, -0.2) is 29.4 Å². The number of hydrogen-bond acceptors (Lipinski definition) is 2. The van der Waals surface area contributed by atoms with Crippen molar-refractivity contribution in [3.63, 3.8) is 0 Å². The van der Waals surface area contributed by atoms with Gasteiger partial charge in [0, 0.05) is 13.1 Å². The molecule has 0 spiro atoms. The van der Waals surface area contributed by atoms with Gasteiger partial charge in [-0.3, -0.25) is 4.79 Å². The second-order valence-corrected chi connectivity index (χ2v) is 4.10. The number of nitrogens with one attached hydrogen (secondary N) is 1. The monoisotopic (exact) mass is 233 g/mol. The molecule has 1 fully saturated rings. The predicted molar refractivity (Wildman–Crippen MR) is 63.0 cm³/mol. The zero-order valence-electron chi connectivity index (χ0n) is 9.43. The van der Waals surface area contributed by atoms with Crippen LogP contribution in [0.15, 0.2) is 30.3 Å². The molecule has 1 unspecified atom stereocenters. The van der Waals surface area contributed by atoms with E-state index < -0.39 is 12.1 Å². The normalized spacial score (nSPS) is 19.4. The Balaban J connectivity index is 1.96. The fourth-order valence-electron chi connectivity index (χ4n) is 2.01. The lowest BCUT2D eigenvalue weighted by Gasteiger charge is -2.16. The zero-order valence-corrected chi connectivity index (χ0v) is 9.43. The van der Waals surface area contributed by atoms with Gasteiger partial charge in [0.05, 0.1) is 0 Å². The molecule has 1 saturated heterocycles. The van der Waals surface area contributed by atoms with Crippen LogP contribution in [0, 0.1) is 0 Å². The first-order valence-electron chi connectivity index (χ1n) is 5.55. The molecule has 1 atom stereocenters. The van der Waals surface area contributed by atoms with E-state index in [-0.39, 0.29) is 5.91 Å². The molecule has 0 saturated carbocycles. The first-order chi connectivity index (χ1) is 8.16. The zero-order chi connectivity index (χ0) is 12.3. The van der Waals surface area contributed by atoms with Gasteiger partial charge in [-0.05, 0) is 12.0 Å². The lowest BCUT2D eigenvalue weighted by atomic mass is 10.2. The second kappa shape index (κ2) is 4.86.